The fourth-order valence-corrected chi connectivity index (χ4v) is 4.10. The van der Waals surface area contributed by atoms with Crippen molar-refractivity contribution in [3.63, 3.8) is 0 Å². The Labute approximate surface area is 180 Å². The first-order valence-electron chi connectivity index (χ1n) is 7.73. The number of ether oxygens (including phenoxy) is 1. The van der Waals surface area contributed by atoms with Crippen LogP contribution in [0.4, 0.5) is 0 Å². The lowest BCUT2D eigenvalue weighted by molar-refractivity contribution is 0.0690. The molecule has 3 aromatic rings. The first-order chi connectivity index (χ1) is 13.5. The third-order valence-electron chi connectivity index (χ3n) is 3.92. The monoisotopic (exact) mass is 475 g/mol. The molecule has 1 aromatic heterocycles. The van der Waals surface area contributed by atoms with E-state index in [0.717, 1.165) is 0 Å². The van der Waals surface area contributed by atoms with Crippen LogP contribution in [0.1, 0.15) is 10.5 Å². The highest BCUT2D eigenvalue weighted by molar-refractivity contribution is 7.89. The molecular weight excluding hydrogens is 465 g/mol. The SMILES string of the molecule is COc1c(Cl)cc(-c2c(Cl)c(C(=O)O)nn2-c2ccc(S(N)(=O)=O)cc2)cc1Cl. The number of aromatic nitrogens is 2. The molecular formula is C17H12Cl3N3O5S. The molecule has 0 saturated heterocycles. The van der Waals surface area contributed by atoms with E-state index in [1.165, 1.54) is 48.2 Å². The molecule has 0 aliphatic rings. The van der Waals surface area contributed by atoms with Gasteiger partial charge in [0.1, 0.15) is 5.02 Å². The largest absolute Gasteiger partial charge is 0.494 e. The molecule has 0 spiro atoms. The second-order valence-corrected chi connectivity index (χ2v) is 8.49. The minimum Gasteiger partial charge on any atom is -0.494 e. The van der Waals surface area contributed by atoms with E-state index in [4.69, 9.17) is 44.7 Å². The van der Waals surface area contributed by atoms with Gasteiger partial charge in [0.25, 0.3) is 0 Å². The zero-order valence-corrected chi connectivity index (χ0v) is 17.6. The summed E-state index contributed by atoms with van der Waals surface area (Å²) in [7, 11) is -2.50. The molecule has 0 saturated carbocycles. The van der Waals surface area contributed by atoms with Crippen molar-refractivity contribution >= 4 is 50.8 Å². The minimum atomic E-state index is -3.90. The van der Waals surface area contributed by atoms with E-state index in [9.17, 15) is 18.3 Å². The molecule has 2 aromatic carbocycles. The molecule has 0 fully saturated rings. The van der Waals surface area contributed by atoms with E-state index in [1.54, 1.807) is 0 Å². The highest BCUT2D eigenvalue weighted by atomic mass is 35.5. The van der Waals surface area contributed by atoms with Crippen molar-refractivity contribution in [1.29, 1.82) is 0 Å². The van der Waals surface area contributed by atoms with Crippen LogP contribution in [0.15, 0.2) is 41.3 Å². The van der Waals surface area contributed by atoms with Crippen molar-refractivity contribution in [1.82, 2.24) is 9.78 Å². The van der Waals surface area contributed by atoms with E-state index < -0.39 is 21.7 Å². The van der Waals surface area contributed by atoms with E-state index in [1.807, 2.05) is 0 Å². The highest BCUT2D eigenvalue weighted by Crippen LogP contribution is 2.40. The number of carboxylic acids is 1. The topological polar surface area (TPSA) is 125 Å². The van der Waals surface area contributed by atoms with Crippen LogP contribution in [0, 0.1) is 0 Å². The van der Waals surface area contributed by atoms with Gasteiger partial charge < -0.3 is 9.84 Å². The first kappa shape index (κ1) is 21.4. The number of halogens is 3. The average molecular weight is 477 g/mol. The van der Waals surface area contributed by atoms with Gasteiger partial charge in [-0.15, -0.1) is 0 Å². The van der Waals surface area contributed by atoms with Gasteiger partial charge in [-0.3, -0.25) is 0 Å². The van der Waals surface area contributed by atoms with Gasteiger partial charge in [-0.25, -0.2) is 23.0 Å². The lowest BCUT2D eigenvalue weighted by atomic mass is 10.1. The number of methoxy groups -OCH3 is 1. The number of aromatic carboxylic acids is 1. The molecule has 29 heavy (non-hydrogen) atoms. The molecule has 3 rings (SSSR count). The second-order valence-electron chi connectivity index (χ2n) is 5.74. The molecule has 1 heterocycles. The molecule has 0 unspecified atom stereocenters. The van der Waals surface area contributed by atoms with Gasteiger partial charge in [0.05, 0.1) is 33.4 Å². The number of primary sulfonamides is 1. The van der Waals surface area contributed by atoms with Crippen molar-refractivity contribution in [3.8, 4) is 22.7 Å². The van der Waals surface area contributed by atoms with Crippen molar-refractivity contribution < 1.29 is 23.1 Å². The van der Waals surface area contributed by atoms with Crippen LogP contribution in [0.25, 0.3) is 16.9 Å². The Kier molecular flexibility index (Phi) is 5.79. The number of carbonyl (C=O) groups is 1. The van der Waals surface area contributed by atoms with E-state index >= 15 is 0 Å². The standard InChI is InChI=1S/C17H12Cl3N3O5S/c1-28-16-11(18)6-8(7-12(16)19)15-13(20)14(17(24)25)22-23(15)9-2-4-10(5-3-9)29(21,26)27/h2-7H,1H3,(H,24,25)(H2,21,26,27). The summed E-state index contributed by atoms with van der Waals surface area (Å²) in [6.45, 7) is 0. The van der Waals surface area contributed by atoms with E-state index in [2.05, 4.69) is 5.10 Å². The third kappa shape index (κ3) is 4.05. The van der Waals surface area contributed by atoms with Crippen LogP contribution in [0.2, 0.25) is 15.1 Å². The van der Waals surface area contributed by atoms with Crippen LogP contribution >= 0.6 is 34.8 Å². The molecule has 3 N–H and O–H groups in total. The quantitative estimate of drug-likeness (QED) is 0.576. The van der Waals surface area contributed by atoms with Crippen LogP contribution in [-0.4, -0.2) is 36.4 Å². The predicted molar refractivity (Wildman–Crippen MR) is 109 cm³/mol. The van der Waals surface area contributed by atoms with Gasteiger partial charge in [0.2, 0.25) is 10.0 Å². The predicted octanol–water partition coefficient (Wildman–Crippen LogP) is 3.85. The second kappa shape index (κ2) is 7.85. The molecule has 0 aliphatic carbocycles. The lowest BCUT2D eigenvalue weighted by Gasteiger charge is -2.12. The molecule has 0 radical (unpaired) electrons. The van der Waals surface area contributed by atoms with Crippen molar-refractivity contribution in [2.45, 2.75) is 4.90 Å². The maximum Gasteiger partial charge on any atom is 0.358 e. The number of sulfonamides is 1. The molecule has 0 atom stereocenters. The maximum absolute atomic E-state index is 11.5. The van der Waals surface area contributed by atoms with Gasteiger partial charge in [-0.2, -0.15) is 5.10 Å². The number of benzene rings is 2. The number of hydrogen-bond donors (Lipinski definition) is 2. The van der Waals surface area contributed by atoms with Crippen LogP contribution < -0.4 is 9.88 Å². The Balaban J connectivity index is 2.27. The van der Waals surface area contributed by atoms with Crippen molar-refractivity contribution in [2.24, 2.45) is 5.14 Å². The Hall–Kier alpha value is -2.30. The third-order valence-corrected chi connectivity index (χ3v) is 5.76. The number of rotatable bonds is 5. The zero-order chi connectivity index (χ0) is 21.5. The van der Waals surface area contributed by atoms with E-state index in [-0.39, 0.29) is 31.4 Å². The molecule has 152 valence electrons. The fraction of sp³-hybridized carbons (Fsp3) is 0.0588. The molecule has 12 heteroatoms. The Bertz CT molecular complexity index is 1200. The summed E-state index contributed by atoms with van der Waals surface area (Å²) in [4.78, 5) is 11.4. The van der Waals surface area contributed by atoms with Crippen molar-refractivity contribution in [2.75, 3.05) is 7.11 Å². The van der Waals surface area contributed by atoms with E-state index in [0.29, 0.717) is 11.3 Å². The summed E-state index contributed by atoms with van der Waals surface area (Å²) in [6, 6.07) is 8.33. The molecule has 0 amide bonds. The zero-order valence-electron chi connectivity index (χ0n) is 14.6. The summed E-state index contributed by atoms with van der Waals surface area (Å²) < 4.78 is 29.3. The molecule has 0 bridgehead atoms. The van der Waals surface area contributed by atoms with Crippen LogP contribution in [-0.2, 0) is 10.0 Å². The van der Waals surface area contributed by atoms with Gasteiger partial charge in [0, 0.05) is 5.56 Å². The number of nitrogens with two attached hydrogens (primary N) is 1. The van der Waals surface area contributed by atoms with Gasteiger partial charge >= 0.3 is 5.97 Å². The molecule has 0 aliphatic heterocycles. The summed E-state index contributed by atoms with van der Waals surface area (Å²) in [5, 5.41) is 18.8. The van der Waals surface area contributed by atoms with Crippen molar-refractivity contribution in [3.05, 3.63) is 57.2 Å². The highest BCUT2D eigenvalue weighted by Gasteiger charge is 2.25. The van der Waals surface area contributed by atoms with Crippen LogP contribution in [0.3, 0.4) is 0 Å². The summed E-state index contributed by atoms with van der Waals surface area (Å²) in [5.74, 6) is -1.10. The minimum absolute atomic E-state index is 0.116. The van der Waals surface area contributed by atoms with Gasteiger partial charge in [-0.1, -0.05) is 34.8 Å². The number of hydrogen-bond acceptors (Lipinski definition) is 5. The fourth-order valence-electron chi connectivity index (χ4n) is 2.64. The Morgan fingerprint density at radius 2 is 1.69 bits per heavy atom. The van der Waals surface area contributed by atoms with Crippen LogP contribution in [0.5, 0.6) is 5.75 Å². The Morgan fingerprint density at radius 1 is 1.14 bits per heavy atom. The first-order valence-corrected chi connectivity index (χ1v) is 10.4. The lowest BCUT2D eigenvalue weighted by Crippen LogP contribution is -2.12. The average Bonchev–Trinajstić information content (AvgIpc) is 2.98. The van der Waals surface area contributed by atoms with Gasteiger partial charge in [0.15, 0.2) is 11.4 Å². The Morgan fingerprint density at radius 3 is 2.14 bits per heavy atom. The smallest absolute Gasteiger partial charge is 0.358 e. The number of nitrogens with zero attached hydrogens (tertiary/aromatic N) is 2. The summed E-state index contributed by atoms with van der Waals surface area (Å²) in [5.41, 5.74) is 0.505. The normalized spacial score (nSPS) is 11.5. The maximum atomic E-state index is 11.5. The number of carboxylic acid groups (broad SMARTS) is 1. The molecule has 8 nitrogen and oxygen atoms in total. The summed E-state index contributed by atoms with van der Waals surface area (Å²) in [6.07, 6.45) is 0. The van der Waals surface area contributed by atoms with Gasteiger partial charge in [-0.05, 0) is 36.4 Å². The summed E-state index contributed by atoms with van der Waals surface area (Å²) >= 11 is 18.7.